The molecule has 0 saturated carbocycles. The van der Waals surface area contributed by atoms with Crippen LogP contribution in [0.5, 0.6) is 0 Å². The number of hydrogen-bond donors (Lipinski definition) is 2. The third kappa shape index (κ3) is 4.29. The van der Waals surface area contributed by atoms with Crippen molar-refractivity contribution in [2.24, 2.45) is 0 Å². The molecule has 0 bridgehead atoms. The number of benzene rings is 1. The molecule has 1 aromatic rings. The average molecular weight is 230 g/mol. The van der Waals surface area contributed by atoms with Gasteiger partial charge in [-0.3, -0.25) is 10.1 Å². The average Bonchev–Trinajstić information content (AvgIpc) is 2.36. The van der Waals surface area contributed by atoms with Gasteiger partial charge in [-0.25, -0.2) is 0 Å². The van der Waals surface area contributed by atoms with E-state index in [2.05, 4.69) is 16.6 Å². The largest absolute Gasteiger partial charge is 0.344 e. The first kappa shape index (κ1) is 13.3. The number of terminal acetylenes is 1. The molecule has 0 aliphatic carbocycles. The Kier molecular flexibility index (Phi) is 5.25. The molecule has 1 amide bonds. The molecule has 1 unspecified atom stereocenters. The van der Waals surface area contributed by atoms with Gasteiger partial charge >= 0.3 is 0 Å². The van der Waals surface area contributed by atoms with E-state index in [1.807, 2.05) is 44.2 Å². The molecule has 2 N–H and O–H groups in total. The van der Waals surface area contributed by atoms with E-state index in [4.69, 9.17) is 6.42 Å². The van der Waals surface area contributed by atoms with E-state index in [9.17, 15) is 4.79 Å². The summed E-state index contributed by atoms with van der Waals surface area (Å²) in [6.45, 7) is 4.12. The Morgan fingerprint density at radius 2 is 2.00 bits per heavy atom. The zero-order chi connectivity index (χ0) is 12.7. The van der Waals surface area contributed by atoms with Gasteiger partial charge in [-0.1, -0.05) is 36.3 Å². The van der Waals surface area contributed by atoms with Gasteiger partial charge in [0.15, 0.2) is 0 Å². The molecule has 1 rings (SSSR count). The molecule has 0 saturated heterocycles. The van der Waals surface area contributed by atoms with Crippen LogP contribution in [0.2, 0.25) is 0 Å². The topological polar surface area (TPSA) is 41.1 Å². The van der Waals surface area contributed by atoms with Gasteiger partial charge in [0.25, 0.3) is 0 Å². The maximum Gasteiger partial charge on any atom is 0.237 e. The van der Waals surface area contributed by atoms with Crippen molar-refractivity contribution in [3.8, 4) is 12.3 Å². The highest BCUT2D eigenvalue weighted by Gasteiger charge is 2.15. The maximum absolute atomic E-state index is 11.6. The van der Waals surface area contributed by atoms with Crippen molar-refractivity contribution in [2.45, 2.75) is 25.9 Å². The van der Waals surface area contributed by atoms with Crippen LogP contribution in [0, 0.1) is 12.3 Å². The van der Waals surface area contributed by atoms with Crippen LogP contribution in [0.15, 0.2) is 30.3 Å². The fraction of sp³-hybridized carbons (Fsp3) is 0.357. The number of nitrogens with one attached hydrogen (secondary N) is 2. The lowest BCUT2D eigenvalue weighted by molar-refractivity contribution is -0.122. The van der Waals surface area contributed by atoms with Gasteiger partial charge in [0.2, 0.25) is 5.91 Å². The van der Waals surface area contributed by atoms with Gasteiger partial charge in [-0.2, -0.15) is 0 Å². The summed E-state index contributed by atoms with van der Waals surface area (Å²) in [5, 5.41) is 5.88. The van der Waals surface area contributed by atoms with Crippen molar-refractivity contribution in [2.75, 3.05) is 6.54 Å². The second kappa shape index (κ2) is 6.72. The van der Waals surface area contributed by atoms with Gasteiger partial charge in [0.05, 0.1) is 12.6 Å². The Bertz CT molecular complexity index is 394. The molecule has 3 heteroatoms. The lowest BCUT2D eigenvalue weighted by atomic mass is 10.1. The van der Waals surface area contributed by atoms with E-state index < -0.39 is 0 Å². The van der Waals surface area contributed by atoms with Crippen LogP contribution in [0.1, 0.15) is 25.5 Å². The second-order valence-corrected chi connectivity index (χ2v) is 3.94. The number of amides is 1. The third-order valence-electron chi connectivity index (χ3n) is 2.56. The van der Waals surface area contributed by atoms with E-state index in [0.717, 1.165) is 5.56 Å². The second-order valence-electron chi connectivity index (χ2n) is 3.94. The van der Waals surface area contributed by atoms with E-state index in [1.165, 1.54) is 0 Å². The van der Waals surface area contributed by atoms with Crippen LogP contribution >= 0.6 is 0 Å². The quantitative estimate of drug-likeness (QED) is 0.752. The van der Waals surface area contributed by atoms with Crippen LogP contribution < -0.4 is 10.6 Å². The van der Waals surface area contributed by atoms with Crippen LogP contribution in [0.3, 0.4) is 0 Å². The summed E-state index contributed by atoms with van der Waals surface area (Å²) in [6, 6.07) is 9.86. The van der Waals surface area contributed by atoms with E-state index >= 15 is 0 Å². The monoisotopic (exact) mass is 230 g/mol. The minimum absolute atomic E-state index is 0.0780. The standard InChI is InChI=1S/C14H18N2O/c1-4-10-15-14(17)12(3)16-11(2)13-8-6-5-7-9-13/h1,5-9,11-12,16H,10H2,2-3H3,(H,15,17)/t11-,12?/m1/s1. The summed E-state index contributed by atoms with van der Waals surface area (Å²) in [6.07, 6.45) is 5.08. The molecular formula is C14H18N2O. The van der Waals surface area contributed by atoms with Gasteiger partial charge in [-0.15, -0.1) is 6.42 Å². The number of carbonyl (C=O) groups is 1. The molecule has 0 aromatic heterocycles. The van der Waals surface area contributed by atoms with Crippen molar-refractivity contribution in [1.29, 1.82) is 0 Å². The van der Waals surface area contributed by atoms with Gasteiger partial charge in [-0.05, 0) is 19.4 Å². The number of rotatable bonds is 5. The van der Waals surface area contributed by atoms with E-state index in [1.54, 1.807) is 0 Å². The summed E-state index contributed by atoms with van der Waals surface area (Å²) >= 11 is 0. The van der Waals surface area contributed by atoms with Crippen molar-refractivity contribution >= 4 is 5.91 Å². The highest BCUT2D eigenvalue weighted by molar-refractivity contribution is 5.81. The molecule has 90 valence electrons. The number of carbonyl (C=O) groups excluding carboxylic acids is 1. The first-order chi connectivity index (χ1) is 8.15. The molecule has 2 atom stereocenters. The van der Waals surface area contributed by atoms with Gasteiger partial charge in [0.1, 0.15) is 0 Å². The lowest BCUT2D eigenvalue weighted by Gasteiger charge is -2.19. The summed E-state index contributed by atoms with van der Waals surface area (Å²) < 4.78 is 0. The Morgan fingerprint density at radius 1 is 1.35 bits per heavy atom. The van der Waals surface area contributed by atoms with Gasteiger partial charge < -0.3 is 5.32 Å². The first-order valence-electron chi connectivity index (χ1n) is 5.67. The fourth-order valence-corrected chi connectivity index (χ4v) is 1.58. The third-order valence-corrected chi connectivity index (χ3v) is 2.56. The highest BCUT2D eigenvalue weighted by Crippen LogP contribution is 2.11. The predicted molar refractivity (Wildman–Crippen MR) is 69.3 cm³/mol. The van der Waals surface area contributed by atoms with E-state index in [-0.39, 0.29) is 24.5 Å². The van der Waals surface area contributed by atoms with Crippen LogP contribution in [-0.4, -0.2) is 18.5 Å². The normalized spacial score (nSPS) is 13.5. The smallest absolute Gasteiger partial charge is 0.237 e. The van der Waals surface area contributed by atoms with Crippen LogP contribution in [-0.2, 0) is 4.79 Å². The zero-order valence-corrected chi connectivity index (χ0v) is 10.2. The minimum Gasteiger partial charge on any atom is -0.344 e. The summed E-state index contributed by atoms with van der Waals surface area (Å²) in [5.41, 5.74) is 1.16. The lowest BCUT2D eigenvalue weighted by Crippen LogP contribution is -2.43. The summed E-state index contributed by atoms with van der Waals surface area (Å²) in [5.74, 6) is 2.30. The van der Waals surface area contributed by atoms with Crippen molar-refractivity contribution < 1.29 is 4.79 Å². The minimum atomic E-state index is -0.265. The van der Waals surface area contributed by atoms with Crippen molar-refractivity contribution in [3.63, 3.8) is 0 Å². The first-order valence-corrected chi connectivity index (χ1v) is 5.67. The molecule has 0 aliphatic heterocycles. The van der Waals surface area contributed by atoms with Gasteiger partial charge in [0, 0.05) is 6.04 Å². The molecular weight excluding hydrogens is 212 g/mol. The Hall–Kier alpha value is -1.79. The predicted octanol–water partition coefficient (Wildman–Crippen LogP) is 1.48. The molecule has 0 spiro atoms. The van der Waals surface area contributed by atoms with E-state index in [0.29, 0.717) is 0 Å². The van der Waals surface area contributed by atoms with Crippen LogP contribution in [0.4, 0.5) is 0 Å². The maximum atomic E-state index is 11.6. The van der Waals surface area contributed by atoms with Crippen molar-refractivity contribution in [3.05, 3.63) is 35.9 Å². The Balaban J connectivity index is 2.49. The van der Waals surface area contributed by atoms with Crippen molar-refractivity contribution in [1.82, 2.24) is 10.6 Å². The molecule has 1 aromatic carbocycles. The molecule has 0 heterocycles. The molecule has 3 nitrogen and oxygen atoms in total. The van der Waals surface area contributed by atoms with Crippen LogP contribution in [0.25, 0.3) is 0 Å². The molecule has 17 heavy (non-hydrogen) atoms. The Morgan fingerprint density at radius 3 is 2.59 bits per heavy atom. The molecule has 0 fully saturated rings. The molecule has 0 radical (unpaired) electrons. The molecule has 0 aliphatic rings. The SMILES string of the molecule is C#CCNC(=O)C(C)N[C@H](C)c1ccccc1. The summed E-state index contributed by atoms with van der Waals surface area (Å²) in [7, 11) is 0. The zero-order valence-electron chi connectivity index (χ0n) is 10.2. The number of hydrogen-bond acceptors (Lipinski definition) is 2. The fourth-order valence-electron chi connectivity index (χ4n) is 1.58. The highest BCUT2D eigenvalue weighted by atomic mass is 16.2. The Labute approximate surface area is 103 Å². The summed E-state index contributed by atoms with van der Waals surface area (Å²) in [4.78, 5) is 11.6.